The number of hydrogen-bond donors (Lipinski definition) is 1. The Hall–Kier alpha value is 0.467. The maximum absolute atomic E-state index is 5.99. The molecule has 1 unspecified atom stereocenters. The second-order valence-electron chi connectivity index (χ2n) is 2.32. The highest BCUT2D eigenvalue weighted by Gasteiger charge is 2.09. The Morgan fingerprint density at radius 3 is 2.25 bits per heavy atom. The van der Waals surface area contributed by atoms with E-state index in [1.54, 1.807) is 0 Å². The van der Waals surface area contributed by atoms with Gasteiger partial charge in [-0.2, -0.15) is 11.1 Å². The molecule has 0 aromatic rings. The highest BCUT2D eigenvalue weighted by atomic mass is 35.6. The molecule has 0 radical (unpaired) electrons. The van der Waals surface area contributed by atoms with Crippen molar-refractivity contribution in [3.05, 3.63) is 0 Å². The summed E-state index contributed by atoms with van der Waals surface area (Å²) in [5.74, 6) is 0. The summed E-state index contributed by atoms with van der Waals surface area (Å²) in [5.41, 5.74) is 0.712. The lowest BCUT2D eigenvalue weighted by molar-refractivity contribution is 0.930. The maximum atomic E-state index is 5.99. The zero-order chi connectivity index (χ0) is 6.57. The van der Waals surface area contributed by atoms with Crippen molar-refractivity contribution in [3.8, 4) is 0 Å². The van der Waals surface area contributed by atoms with Crippen LogP contribution in [0.4, 0.5) is 0 Å². The Kier molecular flexibility index (Phi) is 4.61. The lowest BCUT2D eigenvalue weighted by Crippen LogP contribution is -2.25. The topological polar surface area (TPSA) is 12.0 Å². The first-order valence-corrected chi connectivity index (χ1v) is 6.20. The van der Waals surface area contributed by atoms with Gasteiger partial charge in [0, 0.05) is 6.17 Å². The third-order valence-corrected chi connectivity index (χ3v) is 5.34. The van der Waals surface area contributed by atoms with Crippen molar-refractivity contribution >= 4 is 19.2 Å². The third-order valence-electron chi connectivity index (χ3n) is 1.12. The van der Waals surface area contributed by atoms with E-state index in [-0.39, 0.29) is 0 Å². The molecule has 0 aliphatic carbocycles. The van der Waals surface area contributed by atoms with Gasteiger partial charge in [-0.1, -0.05) is 13.8 Å². The van der Waals surface area contributed by atoms with Crippen LogP contribution >= 0.6 is 11.1 Å². The van der Waals surface area contributed by atoms with Crippen LogP contribution in [0.5, 0.6) is 0 Å². The molecule has 0 amide bonds. The number of hydrogen-bond acceptors (Lipinski definition) is 1. The van der Waals surface area contributed by atoms with E-state index in [9.17, 15) is 0 Å². The van der Waals surface area contributed by atoms with Crippen LogP contribution in [-0.4, -0.2) is 21.3 Å². The fraction of sp³-hybridized carbons (Fsp3) is 1.00. The van der Waals surface area contributed by atoms with Crippen molar-refractivity contribution in [1.82, 2.24) is 5.32 Å². The molecule has 1 atom stereocenters. The maximum Gasteiger partial charge on any atom is 0.157 e. The fourth-order valence-corrected chi connectivity index (χ4v) is 1.76. The molecule has 0 aromatic carbocycles. The highest BCUT2D eigenvalue weighted by Crippen LogP contribution is 2.08. The van der Waals surface area contributed by atoms with Crippen LogP contribution in [0, 0.1) is 0 Å². The lowest BCUT2D eigenvalue weighted by Gasteiger charge is -2.08. The van der Waals surface area contributed by atoms with E-state index in [4.69, 9.17) is 11.1 Å². The van der Waals surface area contributed by atoms with Gasteiger partial charge in [0.05, 0.1) is 0 Å². The molecule has 0 aromatic heterocycles. The molecule has 50 valence electrons. The number of nitrogens with one attached hydrogen (secondary N) is 1. The molecule has 0 spiro atoms. The quantitative estimate of drug-likeness (QED) is 0.471. The third kappa shape index (κ3) is 3.47. The van der Waals surface area contributed by atoms with E-state index >= 15 is 0 Å². The molecular formula is C5H14ClNSi. The van der Waals surface area contributed by atoms with Gasteiger partial charge >= 0.3 is 0 Å². The van der Waals surface area contributed by atoms with E-state index in [1.165, 1.54) is 0 Å². The first kappa shape index (κ1) is 8.47. The largest absolute Gasteiger partial charge is 0.321 e. The van der Waals surface area contributed by atoms with E-state index in [1.807, 2.05) is 7.05 Å². The minimum Gasteiger partial charge on any atom is -0.321 e. The number of rotatable bonds is 3. The molecule has 1 N–H and O–H groups in total. The minimum absolute atomic E-state index is 0.712. The summed E-state index contributed by atoms with van der Waals surface area (Å²) in [6.07, 6.45) is 1.04. The molecule has 0 heterocycles. The van der Waals surface area contributed by atoms with Gasteiger partial charge in [-0.3, -0.25) is 0 Å². The molecule has 0 saturated heterocycles. The van der Waals surface area contributed by atoms with Crippen LogP contribution in [0.2, 0.25) is 5.54 Å². The van der Waals surface area contributed by atoms with Crippen LogP contribution in [-0.2, 0) is 0 Å². The molecule has 8 heavy (non-hydrogen) atoms. The highest BCUT2D eigenvalue weighted by molar-refractivity contribution is 7.07. The monoisotopic (exact) mass is 151 g/mol. The van der Waals surface area contributed by atoms with Gasteiger partial charge in [0.1, 0.15) is 0 Å². The zero-order valence-electron chi connectivity index (χ0n) is 5.74. The summed E-state index contributed by atoms with van der Waals surface area (Å²) in [7, 11) is 1.03. The van der Waals surface area contributed by atoms with Gasteiger partial charge in [0.15, 0.2) is 8.11 Å². The Balaban J connectivity index is 3.17. The van der Waals surface area contributed by atoms with Crippen LogP contribution in [0.15, 0.2) is 0 Å². The average Bonchev–Trinajstić information content (AvgIpc) is 1.67. The molecule has 1 nitrogen and oxygen atoms in total. The summed E-state index contributed by atoms with van der Waals surface area (Å²) in [5, 5.41) is 3.08. The molecule has 0 saturated carbocycles. The lowest BCUT2D eigenvalue weighted by atomic mass is 10.6. The van der Waals surface area contributed by atoms with Crippen LogP contribution in [0.25, 0.3) is 0 Å². The molecule has 0 rings (SSSR count). The van der Waals surface area contributed by atoms with E-state index in [0.29, 0.717) is 5.54 Å². The second kappa shape index (κ2) is 4.36. The first-order valence-electron chi connectivity index (χ1n) is 2.97. The van der Waals surface area contributed by atoms with Crippen molar-refractivity contribution in [1.29, 1.82) is 0 Å². The smallest absolute Gasteiger partial charge is 0.157 e. The minimum atomic E-state index is -0.914. The van der Waals surface area contributed by atoms with Crippen molar-refractivity contribution in [2.45, 2.75) is 19.4 Å². The molecule has 0 aliphatic rings. The van der Waals surface area contributed by atoms with E-state index in [2.05, 4.69) is 19.2 Å². The molecule has 0 aliphatic heterocycles. The molecule has 0 fully saturated rings. The van der Waals surface area contributed by atoms with Crippen molar-refractivity contribution in [2.24, 2.45) is 0 Å². The van der Waals surface area contributed by atoms with Crippen LogP contribution in [0.1, 0.15) is 13.8 Å². The first-order chi connectivity index (χ1) is 3.68. The fourth-order valence-electron chi connectivity index (χ4n) is 0.431. The van der Waals surface area contributed by atoms with Crippen molar-refractivity contribution in [3.63, 3.8) is 0 Å². The summed E-state index contributed by atoms with van der Waals surface area (Å²) < 4.78 is 0. The van der Waals surface area contributed by atoms with Crippen LogP contribution < -0.4 is 5.32 Å². The molecule has 0 bridgehead atoms. The SMILES string of the molecule is CNC[SiH](Cl)C(C)C. The second-order valence-corrected chi connectivity index (χ2v) is 6.77. The Bertz CT molecular complexity index is 58.4. The predicted molar refractivity (Wildman–Crippen MR) is 42.0 cm³/mol. The van der Waals surface area contributed by atoms with Gasteiger partial charge in [-0.25, -0.2) is 0 Å². The Morgan fingerprint density at radius 2 is 2.12 bits per heavy atom. The van der Waals surface area contributed by atoms with Gasteiger partial charge in [0.25, 0.3) is 0 Å². The van der Waals surface area contributed by atoms with Crippen molar-refractivity contribution in [2.75, 3.05) is 13.2 Å². The summed E-state index contributed by atoms with van der Waals surface area (Å²) in [6.45, 7) is 4.36. The van der Waals surface area contributed by atoms with Crippen LogP contribution in [0.3, 0.4) is 0 Å². The van der Waals surface area contributed by atoms with Crippen molar-refractivity contribution < 1.29 is 0 Å². The zero-order valence-corrected chi connectivity index (χ0v) is 7.65. The summed E-state index contributed by atoms with van der Waals surface area (Å²) in [4.78, 5) is 0. The molecular weight excluding hydrogens is 138 g/mol. The van der Waals surface area contributed by atoms with Gasteiger partial charge in [-0.05, 0) is 12.6 Å². The normalized spacial score (nSPS) is 14.6. The Morgan fingerprint density at radius 1 is 1.62 bits per heavy atom. The summed E-state index contributed by atoms with van der Waals surface area (Å²) in [6, 6.07) is 0. The number of halogens is 1. The van der Waals surface area contributed by atoms with Gasteiger partial charge in [0.2, 0.25) is 0 Å². The van der Waals surface area contributed by atoms with E-state index < -0.39 is 8.11 Å². The molecule has 3 heteroatoms. The van der Waals surface area contributed by atoms with Gasteiger partial charge < -0.3 is 5.32 Å². The average molecular weight is 152 g/mol. The van der Waals surface area contributed by atoms with Gasteiger partial charge in [-0.15, -0.1) is 0 Å². The standard InChI is InChI=1S/C5H14ClNSi/c1-5(2)8(6)4-7-3/h5,7-8H,4H2,1-3H3. The predicted octanol–water partition coefficient (Wildman–Crippen LogP) is 1.12. The Labute approximate surface area is 57.7 Å². The van der Waals surface area contributed by atoms with E-state index in [0.717, 1.165) is 6.17 Å². The summed E-state index contributed by atoms with van der Waals surface area (Å²) >= 11 is 5.99.